The van der Waals surface area contributed by atoms with Gasteiger partial charge in [0.05, 0.1) is 24.5 Å². The summed E-state index contributed by atoms with van der Waals surface area (Å²) in [5.74, 6) is 0.601. The van der Waals surface area contributed by atoms with E-state index in [1.807, 2.05) is 30.3 Å². The van der Waals surface area contributed by atoms with Crippen LogP contribution in [-0.4, -0.2) is 41.1 Å². The molecule has 0 radical (unpaired) electrons. The lowest BCUT2D eigenvalue weighted by Crippen LogP contribution is -2.43. The van der Waals surface area contributed by atoms with Crippen LogP contribution in [0.15, 0.2) is 47.7 Å². The van der Waals surface area contributed by atoms with E-state index in [1.54, 1.807) is 18.5 Å². The normalized spacial score (nSPS) is 24.6. The quantitative estimate of drug-likeness (QED) is 0.787. The molecule has 2 aromatic rings. The highest BCUT2D eigenvalue weighted by Gasteiger charge is 2.46. The van der Waals surface area contributed by atoms with Crippen LogP contribution in [0.4, 0.5) is 10.1 Å². The SMILES string of the molecule is N#CCC1(C=[N+]2N=C(N)c3c2ccnc3OCc2ccccc2)CCOCC1F. The van der Waals surface area contributed by atoms with Crippen LogP contribution in [-0.2, 0) is 11.3 Å². The number of halogens is 1. The van der Waals surface area contributed by atoms with Crippen molar-refractivity contribution in [1.29, 1.82) is 5.26 Å². The average Bonchev–Trinajstić information content (AvgIpc) is 3.05. The first-order chi connectivity index (χ1) is 14.1. The number of pyridine rings is 1. The van der Waals surface area contributed by atoms with Crippen LogP contribution < -0.4 is 10.5 Å². The third-order valence-electron chi connectivity index (χ3n) is 5.22. The van der Waals surface area contributed by atoms with Crippen molar-refractivity contribution in [3.05, 3.63) is 53.7 Å². The van der Waals surface area contributed by atoms with Gasteiger partial charge < -0.3 is 15.2 Å². The number of alkyl halides is 1. The molecule has 1 saturated heterocycles. The Morgan fingerprint density at radius 3 is 2.97 bits per heavy atom. The number of hydrazone groups is 1. The molecule has 2 N–H and O–H groups in total. The van der Waals surface area contributed by atoms with Crippen molar-refractivity contribution >= 4 is 17.7 Å². The molecular formula is C21H21FN5O2+. The van der Waals surface area contributed by atoms with E-state index < -0.39 is 11.6 Å². The van der Waals surface area contributed by atoms with Gasteiger partial charge in [-0.3, -0.25) is 0 Å². The van der Waals surface area contributed by atoms with Gasteiger partial charge in [-0.25, -0.2) is 9.37 Å². The van der Waals surface area contributed by atoms with Gasteiger partial charge in [0, 0.05) is 24.0 Å². The van der Waals surface area contributed by atoms with Crippen molar-refractivity contribution in [1.82, 2.24) is 4.98 Å². The van der Waals surface area contributed by atoms with Crippen molar-refractivity contribution in [3.63, 3.8) is 0 Å². The Hall–Kier alpha value is -3.31. The topological polar surface area (TPSA) is 96.5 Å². The highest BCUT2D eigenvalue weighted by molar-refractivity contribution is 6.04. The van der Waals surface area contributed by atoms with E-state index in [0.29, 0.717) is 36.8 Å². The minimum absolute atomic E-state index is 0.0290. The van der Waals surface area contributed by atoms with Crippen LogP contribution in [0, 0.1) is 16.7 Å². The Bertz CT molecular complexity index is 1000. The third kappa shape index (κ3) is 3.69. The molecule has 148 valence electrons. The lowest BCUT2D eigenvalue weighted by Gasteiger charge is -2.32. The summed E-state index contributed by atoms with van der Waals surface area (Å²) in [7, 11) is 0. The molecule has 1 aromatic carbocycles. The van der Waals surface area contributed by atoms with Crippen molar-refractivity contribution in [2.75, 3.05) is 13.2 Å². The maximum absolute atomic E-state index is 14.8. The molecule has 0 amide bonds. The van der Waals surface area contributed by atoms with Gasteiger partial charge in [0.2, 0.25) is 11.7 Å². The molecule has 4 rings (SSSR count). The first-order valence-corrected chi connectivity index (χ1v) is 9.37. The van der Waals surface area contributed by atoms with Gasteiger partial charge in [-0.2, -0.15) is 5.26 Å². The monoisotopic (exact) mass is 394 g/mol. The molecule has 3 heterocycles. The Balaban J connectivity index is 1.67. The van der Waals surface area contributed by atoms with E-state index in [4.69, 9.17) is 15.2 Å². The molecule has 0 saturated carbocycles. The zero-order chi connectivity index (χ0) is 20.3. The van der Waals surface area contributed by atoms with Crippen molar-refractivity contribution in [2.45, 2.75) is 25.6 Å². The van der Waals surface area contributed by atoms with E-state index in [9.17, 15) is 9.65 Å². The number of benzene rings is 1. The van der Waals surface area contributed by atoms with Crippen molar-refractivity contribution < 1.29 is 18.5 Å². The Labute approximate surface area is 167 Å². The number of nitrogens with zero attached hydrogens (tertiary/aromatic N) is 4. The molecule has 7 nitrogen and oxygen atoms in total. The number of ether oxygens (including phenoxy) is 2. The summed E-state index contributed by atoms with van der Waals surface area (Å²) in [5, 5.41) is 13.6. The standard InChI is InChI=1S/C21H21FN5O2/c22-17-13-28-11-8-21(17,7-9-23)14-27-16-6-10-25-20(18(16)19(24)26-27)29-12-15-4-2-1-3-5-15/h1-6,10,14,17H,7-8,11-13H2,(H2,24,26)/q+1. The van der Waals surface area contributed by atoms with E-state index in [0.717, 1.165) is 5.56 Å². The van der Waals surface area contributed by atoms with E-state index in [-0.39, 0.29) is 18.9 Å². The lowest BCUT2D eigenvalue weighted by atomic mass is 9.77. The lowest BCUT2D eigenvalue weighted by molar-refractivity contribution is -0.441. The Kier molecular flexibility index (Phi) is 5.23. The molecule has 1 fully saturated rings. The summed E-state index contributed by atoms with van der Waals surface area (Å²) in [4.78, 5) is 4.30. The second kappa shape index (κ2) is 7.97. The maximum Gasteiger partial charge on any atom is 0.256 e. The average molecular weight is 394 g/mol. The molecule has 1 aromatic heterocycles. The van der Waals surface area contributed by atoms with E-state index >= 15 is 0 Å². The van der Waals surface area contributed by atoms with Gasteiger partial charge in [0.25, 0.3) is 5.69 Å². The number of rotatable bonds is 5. The molecule has 0 aliphatic carbocycles. The van der Waals surface area contributed by atoms with E-state index in [2.05, 4.69) is 16.2 Å². The molecule has 0 bridgehead atoms. The Morgan fingerprint density at radius 1 is 1.38 bits per heavy atom. The van der Waals surface area contributed by atoms with Crippen LogP contribution in [0.3, 0.4) is 0 Å². The van der Waals surface area contributed by atoms with Crippen molar-refractivity contribution in [3.8, 4) is 11.9 Å². The first kappa shape index (κ1) is 19.0. The predicted molar refractivity (Wildman–Crippen MR) is 105 cm³/mol. The molecule has 8 heteroatoms. The van der Waals surface area contributed by atoms with Gasteiger partial charge >= 0.3 is 0 Å². The third-order valence-corrected chi connectivity index (χ3v) is 5.22. The predicted octanol–water partition coefficient (Wildman–Crippen LogP) is 2.67. The molecule has 2 aliphatic rings. The van der Waals surface area contributed by atoms with Crippen LogP contribution in [0.25, 0.3) is 0 Å². The molecule has 29 heavy (non-hydrogen) atoms. The second-order valence-electron chi connectivity index (χ2n) is 7.10. The van der Waals surface area contributed by atoms with Gasteiger partial charge in [-0.05, 0) is 12.0 Å². The number of nitrogens with two attached hydrogens (primary N) is 1. The number of aromatic nitrogens is 1. The number of amidine groups is 1. The highest BCUT2D eigenvalue weighted by Crippen LogP contribution is 2.37. The number of fused-ring (bicyclic) bond motifs is 1. The fraction of sp³-hybridized carbons (Fsp3) is 0.333. The van der Waals surface area contributed by atoms with Gasteiger partial charge in [-0.15, -0.1) is 0 Å². The highest BCUT2D eigenvalue weighted by atomic mass is 19.1. The minimum Gasteiger partial charge on any atom is -0.472 e. The van der Waals surface area contributed by atoms with Gasteiger partial charge in [-0.1, -0.05) is 35.0 Å². The van der Waals surface area contributed by atoms with Gasteiger partial charge in [0.15, 0.2) is 11.8 Å². The molecule has 0 spiro atoms. The summed E-state index contributed by atoms with van der Waals surface area (Å²) in [6.45, 7) is 0.684. The molecule has 2 aliphatic heterocycles. The summed E-state index contributed by atoms with van der Waals surface area (Å²) in [6.07, 6.45) is 2.38. The zero-order valence-corrected chi connectivity index (χ0v) is 15.8. The minimum atomic E-state index is -1.30. The largest absolute Gasteiger partial charge is 0.472 e. The van der Waals surface area contributed by atoms with Crippen molar-refractivity contribution in [2.24, 2.45) is 16.3 Å². The number of nitriles is 1. The second-order valence-corrected chi connectivity index (χ2v) is 7.10. The summed E-state index contributed by atoms with van der Waals surface area (Å²) >= 11 is 0. The molecular weight excluding hydrogens is 373 g/mol. The van der Waals surface area contributed by atoms with E-state index in [1.165, 1.54) is 4.68 Å². The summed E-state index contributed by atoms with van der Waals surface area (Å²) in [6, 6.07) is 13.6. The first-order valence-electron chi connectivity index (χ1n) is 9.37. The smallest absolute Gasteiger partial charge is 0.256 e. The fourth-order valence-corrected chi connectivity index (χ4v) is 3.57. The number of hydrogen-bond acceptors (Lipinski definition) is 6. The molecule has 2 atom stereocenters. The summed E-state index contributed by atoms with van der Waals surface area (Å²) < 4.78 is 27.4. The maximum atomic E-state index is 14.8. The van der Waals surface area contributed by atoms with Crippen LogP contribution in [0.1, 0.15) is 24.0 Å². The Morgan fingerprint density at radius 2 is 2.21 bits per heavy atom. The summed E-state index contributed by atoms with van der Waals surface area (Å²) in [5.41, 5.74) is 7.38. The fourth-order valence-electron chi connectivity index (χ4n) is 3.57. The van der Waals surface area contributed by atoms with Crippen LogP contribution in [0.5, 0.6) is 5.88 Å². The number of hydrogen-bond donors (Lipinski definition) is 1. The van der Waals surface area contributed by atoms with Crippen LogP contribution in [0.2, 0.25) is 0 Å². The zero-order valence-electron chi connectivity index (χ0n) is 15.8. The van der Waals surface area contributed by atoms with Gasteiger partial charge in [0.1, 0.15) is 12.8 Å². The molecule has 2 unspecified atom stereocenters. The van der Waals surface area contributed by atoms with Crippen LogP contribution >= 0.6 is 0 Å².